The van der Waals surface area contributed by atoms with Crippen LogP contribution in [0.4, 0.5) is 8.78 Å². The van der Waals surface area contributed by atoms with Crippen LogP contribution in [0, 0.1) is 0 Å². The maximum absolute atomic E-state index is 12.3. The molecule has 0 aliphatic rings. The molecule has 3 nitrogen and oxygen atoms in total. The third-order valence-corrected chi connectivity index (χ3v) is 1.95. The number of pyridine rings is 1. The summed E-state index contributed by atoms with van der Waals surface area (Å²) in [7, 11) is 0. The molecule has 0 aromatic carbocycles. The third-order valence-electron chi connectivity index (χ3n) is 1.61. The van der Waals surface area contributed by atoms with Crippen molar-refractivity contribution >= 4 is 11.6 Å². The van der Waals surface area contributed by atoms with Crippen LogP contribution in [0.2, 0.25) is 5.02 Å². The fourth-order valence-electron chi connectivity index (χ4n) is 0.998. The summed E-state index contributed by atoms with van der Waals surface area (Å²) < 4.78 is 24.6. The standard InChI is InChI=1S/C7H7ClF2N2O/c8-4-2-12-7(13)5(6(9)10)3(4)1-11/h2,6H,1,11H2,(H,12,13). The first-order valence-electron chi connectivity index (χ1n) is 3.46. The highest BCUT2D eigenvalue weighted by atomic mass is 35.5. The Bertz CT molecular complexity index is 364. The van der Waals surface area contributed by atoms with Crippen LogP contribution < -0.4 is 11.3 Å². The van der Waals surface area contributed by atoms with Gasteiger partial charge in [0, 0.05) is 18.3 Å². The smallest absolute Gasteiger partial charge is 0.269 e. The van der Waals surface area contributed by atoms with Crippen molar-refractivity contribution in [1.82, 2.24) is 4.98 Å². The second-order valence-electron chi connectivity index (χ2n) is 2.36. The number of H-pyrrole nitrogens is 1. The average Bonchev–Trinajstić information content (AvgIpc) is 2.07. The lowest BCUT2D eigenvalue weighted by Crippen LogP contribution is -2.18. The molecule has 0 saturated carbocycles. The second kappa shape index (κ2) is 3.85. The van der Waals surface area contributed by atoms with Gasteiger partial charge in [-0.3, -0.25) is 4.79 Å². The van der Waals surface area contributed by atoms with Crippen molar-refractivity contribution in [1.29, 1.82) is 0 Å². The predicted octanol–water partition coefficient (Wildman–Crippen LogP) is 1.42. The SMILES string of the molecule is NCc1c(Cl)c[nH]c(=O)c1C(F)F. The molecule has 0 radical (unpaired) electrons. The molecule has 72 valence electrons. The van der Waals surface area contributed by atoms with Gasteiger partial charge < -0.3 is 10.7 Å². The molecule has 0 atom stereocenters. The first kappa shape index (κ1) is 10.1. The molecular weight excluding hydrogens is 202 g/mol. The molecule has 1 heterocycles. The van der Waals surface area contributed by atoms with Crippen LogP contribution in [0.15, 0.2) is 11.0 Å². The van der Waals surface area contributed by atoms with Crippen LogP contribution in [0.5, 0.6) is 0 Å². The Kier molecular flexibility index (Phi) is 3.00. The summed E-state index contributed by atoms with van der Waals surface area (Å²) in [5.74, 6) is 0. The average molecular weight is 209 g/mol. The summed E-state index contributed by atoms with van der Waals surface area (Å²) in [6.45, 7) is -0.178. The van der Waals surface area contributed by atoms with Crippen LogP contribution in [0.3, 0.4) is 0 Å². The molecule has 0 bridgehead atoms. The van der Waals surface area contributed by atoms with E-state index in [1.807, 2.05) is 0 Å². The summed E-state index contributed by atoms with van der Waals surface area (Å²) >= 11 is 5.56. The molecule has 0 unspecified atom stereocenters. The molecule has 0 aliphatic carbocycles. The second-order valence-corrected chi connectivity index (χ2v) is 2.77. The van der Waals surface area contributed by atoms with Crippen LogP contribution >= 0.6 is 11.6 Å². The zero-order valence-electron chi connectivity index (χ0n) is 6.48. The van der Waals surface area contributed by atoms with Crippen molar-refractivity contribution < 1.29 is 8.78 Å². The molecule has 13 heavy (non-hydrogen) atoms. The summed E-state index contributed by atoms with van der Waals surface area (Å²) in [6.07, 6.45) is -1.71. The van der Waals surface area contributed by atoms with E-state index < -0.39 is 17.5 Å². The number of aromatic amines is 1. The van der Waals surface area contributed by atoms with Gasteiger partial charge in [0.1, 0.15) is 0 Å². The summed E-state index contributed by atoms with van der Waals surface area (Å²) in [4.78, 5) is 13.0. The molecule has 1 aromatic heterocycles. The Balaban J connectivity index is 3.44. The Morgan fingerprint density at radius 3 is 2.62 bits per heavy atom. The maximum Gasteiger partial charge on any atom is 0.269 e. The molecule has 1 rings (SSSR count). The van der Waals surface area contributed by atoms with Crippen LogP contribution in [-0.4, -0.2) is 4.98 Å². The van der Waals surface area contributed by atoms with Crippen molar-refractivity contribution in [2.24, 2.45) is 5.73 Å². The fraction of sp³-hybridized carbons (Fsp3) is 0.286. The van der Waals surface area contributed by atoms with E-state index in [0.29, 0.717) is 0 Å². The van der Waals surface area contributed by atoms with E-state index in [0.717, 1.165) is 6.20 Å². The summed E-state index contributed by atoms with van der Waals surface area (Å²) in [6, 6.07) is 0. The van der Waals surface area contributed by atoms with Gasteiger partial charge in [-0.15, -0.1) is 0 Å². The Morgan fingerprint density at radius 2 is 2.23 bits per heavy atom. The van der Waals surface area contributed by atoms with E-state index in [2.05, 4.69) is 4.98 Å². The highest BCUT2D eigenvalue weighted by molar-refractivity contribution is 6.31. The zero-order valence-corrected chi connectivity index (χ0v) is 7.24. The van der Waals surface area contributed by atoms with Gasteiger partial charge in [0.2, 0.25) is 0 Å². The van der Waals surface area contributed by atoms with Gasteiger partial charge in [-0.25, -0.2) is 8.78 Å². The molecule has 3 N–H and O–H groups in total. The number of halogens is 3. The Labute approximate surface area is 77.5 Å². The van der Waals surface area contributed by atoms with Gasteiger partial charge in [0.25, 0.3) is 12.0 Å². The van der Waals surface area contributed by atoms with Gasteiger partial charge in [-0.1, -0.05) is 11.6 Å². The zero-order chi connectivity index (χ0) is 10.0. The minimum atomic E-state index is -2.86. The minimum Gasteiger partial charge on any atom is -0.327 e. The quantitative estimate of drug-likeness (QED) is 0.772. The highest BCUT2D eigenvalue weighted by Gasteiger charge is 2.18. The normalized spacial score (nSPS) is 10.8. The van der Waals surface area contributed by atoms with E-state index in [-0.39, 0.29) is 17.1 Å². The topological polar surface area (TPSA) is 58.9 Å². The van der Waals surface area contributed by atoms with E-state index in [1.165, 1.54) is 0 Å². The first-order valence-corrected chi connectivity index (χ1v) is 3.84. The monoisotopic (exact) mass is 208 g/mol. The molecule has 6 heteroatoms. The number of alkyl halides is 2. The fourth-order valence-corrected chi connectivity index (χ4v) is 1.23. The van der Waals surface area contributed by atoms with E-state index in [4.69, 9.17) is 17.3 Å². The van der Waals surface area contributed by atoms with Gasteiger partial charge in [-0.2, -0.15) is 0 Å². The largest absolute Gasteiger partial charge is 0.327 e. The minimum absolute atomic E-state index is 0.000386. The van der Waals surface area contributed by atoms with E-state index >= 15 is 0 Å². The van der Waals surface area contributed by atoms with Crippen molar-refractivity contribution in [2.45, 2.75) is 13.0 Å². The van der Waals surface area contributed by atoms with E-state index in [9.17, 15) is 13.6 Å². The lowest BCUT2D eigenvalue weighted by atomic mass is 10.1. The molecule has 1 aromatic rings. The number of nitrogens with two attached hydrogens (primary N) is 1. The van der Waals surface area contributed by atoms with Gasteiger partial charge in [-0.05, 0) is 0 Å². The van der Waals surface area contributed by atoms with Crippen LogP contribution in [-0.2, 0) is 6.54 Å². The van der Waals surface area contributed by atoms with E-state index in [1.54, 1.807) is 0 Å². The van der Waals surface area contributed by atoms with Crippen molar-refractivity contribution in [3.05, 3.63) is 32.7 Å². The summed E-state index contributed by atoms with van der Waals surface area (Å²) in [5.41, 5.74) is 3.70. The molecule has 0 saturated heterocycles. The number of hydrogen-bond acceptors (Lipinski definition) is 2. The molecule has 0 aliphatic heterocycles. The molecule has 0 amide bonds. The highest BCUT2D eigenvalue weighted by Crippen LogP contribution is 2.23. The van der Waals surface area contributed by atoms with Crippen molar-refractivity contribution in [2.75, 3.05) is 0 Å². The lowest BCUT2D eigenvalue weighted by Gasteiger charge is -2.06. The number of hydrogen-bond donors (Lipinski definition) is 2. The molecular formula is C7H7ClF2N2O. The van der Waals surface area contributed by atoms with Crippen LogP contribution in [0.1, 0.15) is 17.6 Å². The Hall–Kier alpha value is -0.940. The van der Waals surface area contributed by atoms with Gasteiger partial charge in [0.15, 0.2) is 0 Å². The lowest BCUT2D eigenvalue weighted by molar-refractivity contribution is 0.148. The van der Waals surface area contributed by atoms with Crippen molar-refractivity contribution in [3.63, 3.8) is 0 Å². The Morgan fingerprint density at radius 1 is 1.62 bits per heavy atom. The maximum atomic E-state index is 12.3. The molecule has 0 spiro atoms. The third kappa shape index (κ3) is 1.87. The molecule has 0 fully saturated rings. The van der Waals surface area contributed by atoms with Gasteiger partial charge >= 0.3 is 0 Å². The van der Waals surface area contributed by atoms with Crippen molar-refractivity contribution in [3.8, 4) is 0 Å². The number of rotatable bonds is 2. The van der Waals surface area contributed by atoms with Crippen LogP contribution in [0.25, 0.3) is 0 Å². The van der Waals surface area contributed by atoms with Gasteiger partial charge in [0.05, 0.1) is 10.6 Å². The number of aromatic nitrogens is 1. The summed E-state index contributed by atoms with van der Waals surface area (Å²) in [5, 5.41) is 0.0531. The first-order chi connectivity index (χ1) is 6.07. The predicted molar refractivity (Wildman–Crippen MR) is 44.9 cm³/mol. The number of nitrogens with one attached hydrogen (secondary N) is 1.